The second kappa shape index (κ2) is 4.14. The molecule has 14 heavy (non-hydrogen) atoms. The summed E-state index contributed by atoms with van der Waals surface area (Å²) in [6.45, 7) is 6.47. The third-order valence-electron chi connectivity index (χ3n) is 3.00. The Bertz CT molecular complexity index is 192. The Kier molecular flexibility index (Phi) is 3.07. The molecule has 0 bridgehead atoms. The van der Waals surface area contributed by atoms with Crippen molar-refractivity contribution < 1.29 is 14.2 Å². The van der Waals surface area contributed by atoms with Gasteiger partial charge in [-0.05, 0) is 6.92 Å². The number of hydrogen-bond donors (Lipinski definition) is 0. The van der Waals surface area contributed by atoms with E-state index in [0.717, 1.165) is 39.3 Å². The zero-order valence-corrected chi connectivity index (χ0v) is 8.99. The summed E-state index contributed by atoms with van der Waals surface area (Å²) in [5.41, 5.74) is 0. The molecule has 4 nitrogen and oxygen atoms in total. The van der Waals surface area contributed by atoms with E-state index in [1.54, 1.807) is 7.11 Å². The molecule has 1 atom stereocenters. The predicted molar refractivity (Wildman–Crippen MR) is 52.2 cm³/mol. The smallest absolute Gasteiger partial charge is 0.182 e. The van der Waals surface area contributed by atoms with Gasteiger partial charge in [0.25, 0.3) is 0 Å². The van der Waals surface area contributed by atoms with Crippen LogP contribution in [0.2, 0.25) is 0 Å². The van der Waals surface area contributed by atoms with Gasteiger partial charge < -0.3 is 14.2 Å². The molecule has 0 amide bonds. The quantitative estimate of drug-likeness (QED) is 0.664. The zero-order valence-electron chi connectivity index (χ0n) is 8.99. The van der Waals surface area contributed by atoms with Gasteiger partial charge in [-0.3, -0.25) is 4.90 Å². The first-order chi connectivity index (χ1) is 6.74. The van der Waals surface area contributed by atoms with Gasteiger partial charge in [0, 0.05) is 26.6 Å². The van der Waals surface area contributed by atoms with Crippen LogP contribution in [-0.4, -0.2) is 56.7 Å². The number of nitrogens with zero attached hydrogens (tertiary/aromatic N) is 1. The lowest BCUT2D eigenvalue weighted by molar-refractivity contribution is -0.146. The Morgan fingerprint density at radius 1 is 1.43 bits per heavy atom. The summed E-state index contributed by atoms with van der Waals surface area (Å²) >= 11 is 0. The minimum Gasteiger partial charge on any atom is -0.380 e. The fourth-order valence-electron chi connectivity index (χ4n) is 2.15. The van der Waals surface area contributed by atoms with E-state index in [0.29, 0.717) is 0 Å². The van der Waals surface area contributed by atoms with E-state index in [-0.39, 0.29) is 11.9 Å². The average Bonchev–Trinajstić information content (AvgIpc) is 2.78. The van der Waals surface area contributed by atoms with Crippen molar-refractivity contribution in [3.8, 4) is 0 Å². The van der Waals surface area contributed by atoms with E-state index in [4.69, 9.17) is 14.2 Å². The molecular weight excluding hydrogens is 182 g/mol. The lowest BCUT2D eigenvalue weighted by Crippen LogP contribution is -2.37. The van der Waals surface area contributed by atoms with Crippen LogP contribution in [0.15, 0.2) is 0 Å². The standard InChI is InChI=1S/C10H19NO3/c1-9(12-2)7-11-4-3-10(8-11)13-5-6-14-10/h9H,3-8H2,1-2H3. The third kappa shape index (κ3) is 2.08. The van der Waals surface area contributed by atoms with E-state index in [2.05, 4.69) is 11.8 Å². The minimum atomic E-state index is -0.284. The normalized spacial score (nSPS) is 28.7. The van der Waals surface area contributed by atoms with Crippen LogP contribution >= 0.6 is 0 Å². The highest BCUT2D eigenvalue weighted by molar-refractivity contribution is 4.87. The average molecular weight is 201 g/mol. The van der Waals surface area contributed by atoms with Gasteiger partial charge in [0.2, 0.25) is 0 Å². The van der Waals surface area contributed by atoms with Gasteiger partial charge in [0.05, 0.1) is 25.9 Å². The molecule has 2 saturated heterocycles. The van der Waals surface area contributed by atoms with Gasteiger partial charge in [-0.15, -0.1) is 0 Å². The second-order valence-electron chi connectivity index (χ2n) is 4.14. The molecule has 0 aromatic heterocycles. The van der Waals surface area contributed by atoms with Gasteiger partial charge in [0.1, 0.15) is 0 Å². The number of rotatable bonds is 3. The maximum atomic E-state index is 5.64. The summed E-state index contributed by atoms with van der Waals surface area (Å²) < 4.78 is 16.5. The number of likely N-dealkylation sites (tertiary alicyclic amines) is 1. The van der Waals surface area contributed by atoms with E-state index in [1.165, 1.54) is 0 Å². The van der Waals surface area contributed by atoms with Crippen LogP contribution in [0, 0.1) is 0 Å². The van der Waals surface area contributed by atoms with Crippen molar-refractivity contribution in [2.24, 2.45) is 0 Å². The van der Waals surface area contributed by atoms with Crippen LogP contribution in [0.5, 0.6) is 0 Å². The molecular formula is C10H19NO3. The van der Waals surface area contributed by atoms with Crippen molar-refractivity contribution in [3.63, 3.8) is 0 Å². The van der Waals surface area contributed by atoms with Crippen molar-refractivity contribution in [2.75, 3.05) is 40.0 Å². The van der Waals surface area contributed by atoms with Crippen LogP contribution in [-0.2, 0) is 14.2 Å². The first kappa shape index (κ1) is 10.4. The largest absolute Gasteiger partial charge is 0.380 e. The van der Waals surface area contributed by atoms with Crippen molar-refractivity contribution >= 4 is 0 Å². The summed E-state index contributed by atoms with van der Waals surface area (Å²) in [7, 11) is 1.75. The van der Waals surface area contributed by atoms with Crippen molar-refractivity contribution in [1.82, 2.24) is 4.90 Å². The molecule has 0 aliphatic carbocycles. The topological polar surface area (TPSA) is 30.9 Å². The second-order valence-corrected chi connectivity index (χ2v) is 4.14. The van der Waals surface area contributed by atoms with Crippen LogP contribution in [0.25, 0.3) is 0 Å². The maximum Gasteiger partial charge on any atom is 0.182 e. The summed E-state index contributed by atoms with van der Waals surface area (Å²) in [6, 6.07) is 0. The molecule has 82 valence electrons. The molecule has 2 aliphatic heterocycles. The van der Waals surface area contributed by atoms with Gasteiger partial charge in [-0.25, -0.2) is 0 Å². The monoisotopic (exact) mass is 201 g/mol. The molecule has 2 heterocycles. The fraction of sp³-hybridized carbons (Fsp3) is 1.00. The Balaban J connectivity index is 1.82. The number of hydrogen-bond acceptors (Lipinski definition) is 4. The summed E-state index contributed by atoms with van der Waals surface area (Å²) in [6.07, 6.45) is 1.27. The Morgan fingerprint density at radius 2 is 2.14 bits per heavy atom. The molecule has 1 spiro atoms. The first-order valence-electron chi connectivity index (χ1n) is 5.27. The highest BCUT2D eigenvalue weighted by Crippen LogP contribution is 2.30. The molecule has 0 saturated carbocycles. The minimum absolute atomic E-state index is 0.284. The van der Waals surface area contributed by atoms with Crippen molar-refractivity contribution in [2.45, 2.75) is 25.2 Å². The molecule has 2 aliphatic rings. The first-order valence-corrected chi connectivity index (χ1v) is 5.27. The van der Waals surface area contributed by atoms with E-state index >= 15 is 0 Å². The van der Waals surface area contributed by atoms with Gasteiger partial charge in [-0.2, -0.15) is 0 Å². The highest BCUT2D eigenvalue weighted by atomic mass is 16.7. The molecule has 0 N–H and O–H groups in total. The van der Waals surface area contributed by atoms with E-state index < -0.39 is 0 Å². The Morgan fingerprint density at radius 3 is 2.79 bits per heavy atom. The molecule has 1 unspecified atom stereocenters. The molecule has 0 aromatic carbocycles. The van der Waals surface area contributed by atoms with Crippen LogP contribution < -0.4 is 0 Å². The Hall–Kier alpha value is -0.160. The summed E-state index contributed by atoms with van der Waals surface area (Å²) in [5.74, 6) is -0.284. The summed E-state index contributed by atoms with van der Waals surface area (Å²) in [4.78, 5) is 2.35. The molecule has 2 rings (SSSR count). The lowest BCUT2D eigenvalue weighted by Gasteiger charge is -2.23. The SMILES string of the molecule is COC(C)CN1CCC2(C1)OCCO2. The summed E-state index contributed by atoms with van der Waals surface area (Å²) in [5, 5.41) is 0. The molecule has 0 aromatic rings. The number of ether oxygens (including phenoxy) is 3. The predicted octanol–water partition coefficient (Wildman–Crippen LogP) is 0.470. The molecule has 0 radical (unpaired) electrons. The van der Waals surface area contributed by atoms with Crippen LogP contribution in [0.4, 0.5) is 0 Å². The number of methoxy groups -OCH3 is 1. The Labute approximate surface area is 85.1 Å². The molecule has 2 fully saturated rings. The highest BCUT2D eigenvalue weighted by Gasteiger charge is 2.43. The van der Waals surface area contributed by atoms with Crippen molar-refractivity contribution in [3.05, 3.63) is 0 Å². The third-order valence-corrected chi connectivity index (χ3v) is 3.00. The van der Waals surface area contributed by atoms with Crippen LogP contribution in [0.1, 0.15) is 13.3 Å². The van der Waals surface area contributed by atoms with Crippen LogP contribution in [0.3, 0.4) is 0 Å². The van der Waals surface area contributed by atoms with Crippen molar-refractivity contribution in [1.29, 1.82) is 0 Å². The lowest BCUT2D eigenvalue weighted by atomic mass is 10.2. The van der Waals surface area contributed by atoms with Gasteiger partial charge in [-0.1, -0.05) is 0 Å². The van der Waals surface area contributed by atoms with E-state index in [1.807, 2.05) is 0 Å². The zero-order chi connectivity index (χ0) is 10.0. The molecule has 4 heteroatoms. The van der Waals surface area contributed by atoms with Gasteiger partial charge in [0.15, 0.2) is 5.79 Å². The maximum absolute atomic E-state index is 5.64. The van der Waals surface area contributed by atoms with Gasteiger partial charge >= 0.3 is 0 Å². The fourth-order valence-corrected chi connectivity index (χ4v) is 2.15. The van der Waals surface area contributed by atoms with E-state index in [9.17, 15) is 0 Å².